The van der Waals surface area contributed by atoms with E-state index in [1.54, 1.807) is 6.20 Å². The van der Waals surface area contributed by atoms with Crippen molar-refractivity contribution in [3.63, 3.8) is 0 Å². The van der Waals surface area contributed by atoms with Gasteiger partial charge in [0, 0.05) is 17.5 Å². The van der Waals surface area contributed by atoms with E-state index in [4.69, 9.17) is 5.73 Å². The highest BCUT2D eigenvalue weighted by atomic mass is 15.0. The van der Waals surface area contributed by atoms with Gasteiger partial charge in [0.25, 0.3) is 0 Å². The van der Waals surface area contributed by atoms with E-state index in [2.05, 4.69) is 28.3 Å². The maximum absolute atomic E-state index is 6.06. The molecule has 1 atom stereocenters. The summed E-state index contributed by atoms with van der Waals surface area (Å²) < 4.78 is 0. The maximum atomic E-state index is 6.06. The van der Waals surface area contributed by atoms with Crippen LogP contribution >= 0.6 is 0 Å². The van der Waals surface area contributed by atoms with Crippen LogP contribution in [0.25, 0.3) is 0 Å². The van der Waals surface area contributed by atoms with Crippen molar-refractivity contribution in [1.82, 2.24) is 15.3 Å². The lowest BCUT2D eigenvalue weighted by Gasteiger charge is -2.20. The molecular weight excluding hydrogens is 248 g/mol. The summed E-state index contributed by atoms with van der Waals surface area (Å²) >= 11 is 0. The van der Waals surface area contributed by atoms with E-state index >= 15 is 0 Å². The van der Waals surface area contributed by atoms with Crippen LogP contribution < -0.4 is 11.1 Å². The molecule has 0 saturated carbocycles. The third-order valence-corrected chi connectivity index (χ3v) is 3.20. The Morgan fingerprint density at radius 2 is 2.10 bits per heavy atom. The van der Waals surface area contributed by atoms with Crippen LogP contribution in [0.4, 0.5) is 5.82 Å². The Labute approximate surface area is 120 Å². The molecule has 0 spiro atoms. The normalized spacial score (nSPS) is 12.3. The first-order valence-electron chi connectivity index (χ1n) is 7.00. The van der Waals surface area contributed by atoms with Gasteiger partial charge < -0.3 is 11.1 Å². The van der Waals surface area contributed by atoms with Gasteiger partial charge in [-0.1, -0.05) is 13.0 Å². The highest BCUT2D eigenvalue weighted by Gasteiger charge is 2.18. The number of pyridine rings is 2. The number of hydrogen-bond donors (Lipinski definition) is 2. The second-order valence-corrected chi connectivity index (χ2v) is 5.08. The quantitative estimate of drug-likeness (QED) is 0.877. The second kappa shape index (κ2) is 6.48. The van der Waals surface area contributed by atoms with E-state index in [0.717, 1.165) is 35.5 Å². The smallest absolute Gasteiger partial charge is 0.128 e. The van der Waals surface area contributed by atoms with Crippen molar-refractivity contribution in [2.24, 2.45) is 0 Å². The van der Waals surface area contributed by atoms with Crippen molar-refractivity contribution >= 4 is 5.82 Å². The number of nitrogens with two attached hydrogens (primary N) is 1. The molecule has 2 heterocycles. The predicted octanol–water partition coefficient (Wildman–Crippen LogP) is 2.76. The first-order valence-corrected chi connectivity index (χ1v) is 7.00. The zero-order chi connectivity index (χ0) is 14.5. The first kappa shape index (κ1) is 14.5. The average molecular weight is 270 g/mol. The first-order chi connectivity index (χ1) is 9.61. The Morgan fingerprint density at radius 3 is 2.80 bits per heavy atom. The number of hydrogen-bond acceptors (Lipinski definition) is 4. The average Bonchev–Trinajstić information content (AvgIpc) is 2.43. The van der Waals surface area contributed by atoms with Crippen LogP contribution in [-0.4, -0.2) is 16.5 Å². The monoisotopic (exact) mass is 270 g/mol. The van der Waals surface area contributed by atoms with Crippen LogP contribution in [0.15, 0.2) is 30.5 Å². The molecule has 1 unspecified atom stereocenters. The molecule has 0 aliphatic rings. The molecule has 0 fully saturated rings. The van der Waals surface area contributed by atoms with Crippen LogP contribution in [0.2, 0.25) is 0 Å². The molecule has 4 heteroatoms. The number of anilines is 1. The molecule has 0 radical (unpaired) electrons. The van der Waals surface area contributed by atoms with Crippen LogP contribution in [0, 0.1) is 13.8 Å². The molecule has 0 aliphatic heterocycles. The molecule has 2 aromatic heterocycles. The molecule has 0 aromatic carbocycles. The Balaban J connectivity index is 2.44. The predicted molar refractivity (Wildman–Crippen MR) is 82.5 cm³/mol. The lowest BCUT2D eigenvalue weighted by atomic mass is 10.0. The van der Waals surface area contributed by atoms with Gasteiger partial charge in [-0.25, -0.2) is 4.98 Å². The molecule has 4 nitrogen and oxygen atoms in total. The van der Waals surface area contributed by atoms with Crippen molar-refractivity contribution in [2.45, 2.75) is 33.2 Å². The summed E-state index contributed by atoms with van der Waals surface area (Å²) in [6.07, 6.45) is 2.85. The summed E-state index contributed by atoms with van der Waals surface area (Å²) in [5, 5.41) is 3.51. The van der Waals surface area contributed by atoms with Gasteiger partial charge in [0.05, 0.1) is 11.7 Å². The fraction of sp³-hybridized carbons (Fsp3) is 0.375. The third kappa shape index (κ3) is 3.33. The van der Waals surface area contributed by atoms with Crippen LogP contribution in [0.3, 0.4) is 0 Å². The summed E-state index contributed by atoms with van der Waals surface area (Å²) in [6.45, 7) is 7.08. The van der Waals surface area contributed by atoms with Gasteiger partial charge >= 0.3 is 0 Å². The largest absolute Gasteiger partial charge is 0.383 e. The van der Waals surface area contributed by atoms with Gasteiger partial charge in [0.1, 0.15) is 5.82 Å². The lowest BCUT2D eigenvalue weighted by molar-refractivity contribution is 0.585. The van der Waals surface area contributed by atoms with Gasteiger partial charge in [0.15, 0.2) is 0 Å². The van der Waals surface area contributed by atoms with Crippen molar-refractivity contribution in [3.8, 4) is 0 Å². The van der Waals surface area contributed by atoms with Gasteiger partial charge in [0.2, 0.25) is 0 Å². The van der Waals surface area contributed by atoms with Crippen LogP contribution in [0.1, 0.15) is 41.9 Å². The van der Waals surface area contributed by atoms with E-state index < -0.39 is 0 Å². The third-order valence-electron chi connectivity index (χ3n) is 3.20. The Morgan fingerprint density at radius 1 is 1.30 bits per heavy atom. The number of nitrogens with zero attached hydrogens (tertiary/aromatic N) is 2. The highest BCUT2D eigenvalue weighted by molar-refractivity contribution is 5.46. The van der Waals surface area contributed by atoms with Gasteiger partial charge in [-0.15, -0.1) is 0 Å². The summed E-state index contributed by atoms with van der Waals surface area (Å²) in [6, 6.07) is 8.12. The number of aromatic nitrogens is 2. The van der Waals surface area contributed by atoms with E-state index in [-0.39, 0.29) is 6.04 Å². The van der Waals surface area contributed by atoms with E-state index in [1.165, 1.54) is 0 Å². The fourth-order valence-electron chi connectivity index (χ4n) is 2.22. The lowest BCUT2D eigenvalue weighted by Crippen LogP contribution is -2.25. The second-order valence-electron chi connectivity index (χ2n) is 5.08. The topological polar surface area (TPSA) is 63.8 Å². The number of nitrogen functional groups attached to an aromatic ring is 1. The maximum Gasteiger partial charge on any atom is 0.128 e. The van der Waals surface area contributed by atoms with Crippen molar-refractivity contribution in [3.05, 3.63) is 53.0 Å². The van der Waals surface area contributed by atoms with Crippen LogP contribution in [-0.2, 0) is 0 Å². The Hall–Kier alpha value is -1.94. The molecule has 0 aliphatic carbocycles. The van der Waals surface area contributed by atoms with Crippen LogP contribution in [0.5, 0.6) is 0 Å². The van der Waals surface area contributed by atoms with E-state index in [1.807, 2.05) is 32.0 Å². The minimum atomic E-state index is -0.0118. The molecule has 0 bridgehead atoms. The Bertz CT molecular complexity index is 580. The summed E-state index contributed by atoms with van der Waals surface area (Å²) in [5.41, 5.74) is 10.1. The standard InChI is InChI=1S/C16H22N4/c1-4-8-18-15(14-7-5-6-12(3)20-14)13-9-11(2)10-19-16(13)17/h5-7,9-10,15,18H,4,8H2,1-3H3,(H2,17,19). The highest BCUT2D eigenvalue weighted by Crippen LogP contribution is 2.25. The molecule has 2 aromatic rings. The molecule has 106 valence electrons. The van der Waals surface area contributed by atoms with Gasteiger partial charge in [-0.2, -0.15) is 0 Å². The van der Waals surface area contributed by atoms with E-state index in [9.17, 15) is 0 Å². The molecule has 3 N–H and O–H groups in total. The zero-order valence-electron chi connectivity index (χ0n) is 12.4. The summed E-state index contributed by atoms with van der Waals surface area (Å²) in [5.74, 6) is 0.563. The van der Waals surface area contributed by atoms with Gasteiger partial charge in [-0.3, -0.25) is 4.98 Å². The van der Waals surface area contributed by atoms with Crippen molar-refractivity contribution in [2.75, 3.05) is 12.3 Å². The summed E-state index contributed by atoms with van der Waals surface area (Å²) in [7, 11) is 0. The zero-order valence-corrected chi connectivity index (χ0v) is 12.4. The number of nitrogens with one attached hydrogen (secondary N) is 1. The molecule has 0 saturated heterocycles. The number of rotatable bonds is 5. The molecule has 20 heavy (non-hydrogen) atoms. The van der Waals surface area contributed by atoms with Crippen molar-refractivity contribution < 1.29 is 0 Å². The Kier molecular flexibility index (Phi) is 4.69. The fourth-order valence-corrected chi connectivity index (χ4v) is 2.22. The van der Waals surface area contributed by atoms with Gasteiger partial charge in [-0.05, 0) is 50.6 Å². The van der Waals surface area contributed by atoms with E-state index in [0.29, 0.717) is 5.82 Å². The number of aryl methyl sites for hydroxylation is 2. The summed E-state index contributed by atoms with van der Waals surface area (Å²) in [4.78, 5) is 8.89. The molecule has 0 amide bonds. The SMILES string of the molecule is CCCNC(c1cccc(C)n1)c1cc(C)cnc1N. The minimum Gasteiger partial charge on any atom is -0.383 e. The molecule has 2 rings (SSSR count). The minimum absolute atomic E-state index is 0.0118. The van der Waals surface area contributed by atoms with Crippen molar-refractivity contribution in [1.29, 1.82) is 0 Å². The molecular formula is C16H22N4.